The van der Waals surface area contributed by atoms with Gasteiger partial charge in [-0.05, 0) is 109 Å². The summed E-state index contributed by atoms with van der Waals surface area (Å²) in [5.74, 6) is -1.62. The molecule has 0 aliphatic carbocycles. The number of phosphoric acid groups is 2. The Morgan fingerprint density at radius 2 is 0.582 bits per heavy atom. The second kappa shape index (κ2) is 66.0. The highest BCUT2D eigenvalue weighted by Gasteiger charge is 2.29. The fourth-order valence-electron chi connectivity index (χ4n) is 8.92. The maximum Gasteiger partial charge on any atom is 0.472 e. The largest absolute Gasteiger partial charge is 0.472 e. The number of aliphatic hydroxyl groups is 2. The summed E-state index contributed by atoms with van der Waals surface area (Å²) < 4.78 is 60.8. The van der Waals surface area contributed by atoms with E-state index in [1.54, 1.807) is 0 Å². The van der Waals surface area contributed by atoms with Gasteiger partial charge in [-0.3, -0.25) is 32.5 Å². The molecule has 4 N–H and O–H groups in total. The number of ether oxygens (including phenoxy) is 3. The Hall–Kier alpha value is -4.05. The summed E-state index contributed by atoms with van der Waals surface area (Å²) in [6.07, 6.45) is 75.4. The zero-order valence-corrected chi connectivity index (χ0v) is 58.3. The van der Waals surface area contributed by atoms with Crippen molar-refractivity contribution >= 4 is 33.6 Å². The van der Waals surface area contributed by atoms with Crippen molar-refractivity contribution in [2.45, 2.75) is 283 Å². The van der Waals surface area contributed by atoms with Crippen LogP contribution in [0.4, 0.5) is 0 Å². The monoisotopic (exact) mass is 1320 g/mol. The van der Waals surface area contributed by atoms with E-state index in [1.807, 2.05) is 0 Å². The lowest BCUT2D eigenvalue weighted by molar-refractivity contribution is -0.161. The molecule has 0 fully saturated rings. The molecular formula is C73H124O16P2. The number of esters is 3. The number of hydrogen-bond donors (Lipinski definition) is 4. The molecule has 0 aromatic heterocycles. The molecule has 0 rings (SSSR count). The number of allylic oxidation sites excluding steroid dienone is 20. The Morgan fingerprint density at radius 1 is 0.319 bits per heavy atom. The molecule has 0 aromatic carbocycles. The molecule has 0 aromatic rings. The maximum absolute atomic E-state index is 12.9. The molecule has 0 heterocycles. The minimum Gasteiger partial charge on any atom is -0.463 e. The Labute approximate surface area is 551 Å². The van der Waals surface area contributed by atoms with E-state index in [-0.39, 0.29) is 19.3 Å². The summed E-state index contributed by atoms with van der Waals surface area (Å²) in [6, 6.07) is 0. The number of aliphatic hydroxyl groups excluding tert-OH is 2. The van der Waals surface area contributed by atoms with Crippen molar-refractivity contribution in [1.29, 1.82) is 0 Å². The Balaban J connectivity index is 4.55. The van der Waals surface area contributed by atoms with E-state index >= 15 is 0 Å². The molecule has 16 nitrogen and oxygen atoms in total. The minimum atomic E-state index is -4.93. The van der Waals surface area contributed by atoms with Crippen LogP contribution in [0.15, 0.2) is 122 Å². The lowest BCUT2D eigenvalue weighted by atomic mass is 10.1. The van der Waals surface area contributed by atoms with Gasteiger partial charge < -0.3 is 34.2 Å². The van der Waals surface area contributed by atoms with Crippen LogP contribution < -0.4 is 0 Å². The van der Waals surface area contributed by atoms with Gasteiger partial charge in [0.1, 0.15) is 25.4 Å². The highest BCUT2D eigenvalue weighted by atomic mass is 31.2. The number of unbranched alkanes of at least 4 members (excludes halogenated alkanes) is 22. The normalized spacial score (nSPS) is 14.9. The van der Waals surface area contributed by atoms with Gasteiger partial charge in [0.2, 0.25) is 0 Å². The van der Waals surface area contributed by atoms with E-state index in [4.69, 9.17) is 32.3 Å². The van der Waals surface area contributed by atoms with Crippen LogP contribution in [0.5, 0.6) is 0 Å². The van der Waals surface area contributed by atoms with E-state index in [2.05, 4.69) is 142 Å². The van der Waals surface area contributed by atoms with Crippen LogP contribution in [0.3, 0.4) is 0 Å². The van der Waals surface area contributed by atoms with Crippen molar-refractivity contribution in [3.8, 4) is 0 Å². The lowest BCUT2D eigenvalue weighted by Crippen LogP contribution is -2.30. The highest BCUT2D eigenvalue weighted by Crippen LogP contribution is 2.45. The second-order valence-electron chi connectivity index (χ2n) is 22.9. The molecule has 0 aliphatic rings. The van der Waals surface area contributed by atoms with Gasteiger partial charge in [-0.25, -0.2) is 9.13 Å². The maximum atomic E-state index is 12.9. The molecule has 0 saturated heterocycles. The SMILES string of the molecule is CC/C=C\C/C=C\C/C=C\C/C=C\C/C=C\CCCCCCCCCCCC(=O)OCC(O)COP(=O)(O)OCC(O)COP(=O)(O)OCC(COC(=O)CCCCC/C=C\C/C=C\C/C=C\C/C=C\C/C=C\CC)OC(=O)CCCCCCCCCCCCC. The summed E-state index contributed by atoms with van der Waals surface area (Å²) in [5, 5.41) is 20.5. The van der Waals surface area contributed by atoms with Crippen molar-refractivity contribution in [3.63, 3.8) is 0 Å². The molecular weight excluding hydrogens is 1190 g/mol. The molecule has 522 valence electrons. The summed E-state index contributed by atoms with van der Waals surface area (Å²) in [7, 11) is -9.78. The zero-order valence-electron chi connectivity index (χ0n) is 56.5. The Kier molecular flexibility index (Phi) is 63.1. The predicted molar refractivity (Wildman–Crippen MR) is 371 cm³/mol. The van der Waals surface area contributed by atoms with Crippen LogP contribution in [0.25, 0.3) is 0 Å². The van der Waals surface area contributed by atoms with Gasteiger partial charge in [0.25, 0.3) is 0 Å². The van der Waals surface area contributed by atoms with Crippen LogP contribution in [0.2, 0.25) is 0 Å². The number of carbonyl (C=O) groups excluding carboxylic acids is 3. The van der Waals surface area contributed by atoms with E-state index < -0.39 is 91.5 Å². The fourth-order valence-corrected chi connectivity index (χ4v) is 10.5. The van der Waals surface area contributed by atoms with Gasteiger partial charge in [0.05, 0.1) is 26.4 Å². The standard InChI is InChI=1S/C73H124O16P2/c1-4-7-10-13-16-19-22-24-26-28-30-31-32-33-34-35-37-39-40-42-45-47-50-53-56-59-71(76)83-62-68(74)63-85-90(79,80)86-64-69(75)65-87-91(81,82)88-67-70(89-73(78)61-58-55-52-49-44-21-18-15-12-9-6-3)66-84-72(77)60-57-54-51-48-46-43-41-38-36-29-27-25-23-20-17-14-11-8-5-2/h7-8,10-11,16-17,19-20,24-27,30-31,33-34,36,38,43,46,68-70,74-75H,4-6,9,12-15,18,21-23,28-29,32,35,37,39-42,44-45,47-67H2,1-3H3,(H,79,80)(H,81,82)/b10-7-,11-8-,19-16-,20-17-,26-24-,27-25-,31-30-,34-33-,38-36-,46-43-. The molecule has 0 amide bonds. The third-order valence-corrected chi connectivity index (χ3v) is 16.1. The summed E-state index contributed by atoms with van der Waals surface area (Å²) >= 11 is 0. The van der Waals surface area contributed by atoms with Crippen LogP contribution >= 0.6 is 15.6 Å². The topological polar surface area (TPSA) is 231 Å². The summed E-state index contributed by atoms with van der Waals surface area (Å²) in [5.41, 5.74) is 0. The zero-order chi connectivity index (χ0) is 66.7. The van der Waals surface area contributed by atoms with Crippen molar-refractivity contribution in [2.75, 3.05) is 39.6 Å². The fraction of sp³-hybridized carbons (Fsp3) is 0.685. The first-order valence-corrected chi connectivity index (χ1v) is 37.8. The Bertz CT molecular complexity index is 2140. The molecule has 0 radical (unpaired) electrons. The van der Waals surface area contributed by atoms with E-state index in [0.29, 0.717) is 19.3 Å². The third kappa shape index (κ3) is 67.2. The first-order valence-electron chi connectivity index (χ1n) is 34.8. The van der Waals surface area contributed by atoms with Crippen molar-refractivity contribution in [1.82, 2.24) is 0 Å². The third-order valence-electron chi connectivity index (χ3n) is 14.2. The number of hydrogen-bond acceptors (Lipinski definition) is 14. The number of phosphoric ester groups is 2. The van der Waals surface area contributed by atoms with Gasteiger partial charge in [-0.2, -0.15) is 0 Å². The van der Waals surface area contributed by atoms with Crippen LogP contribution in [0.1, 0.15) is 265 Å². The predicted octanol–water partition coefficient (Wildman–Crippen LogP) is 19.4. The second-order valence-corrected chi connectivity index (χ2v) is 25.8. The molecule has 0 bridgehead atoms. The van der Waals surface area contributed by atoms with Crippen molar-refractivity contribution in [3.05, 3.63) is 122 Å². The first-order chi connectivity index (χ1) is 44.2. The minimum absolute atomic E-state index is 0.0969. The van der Waals surface area contributed by atoms with Gasteiger partial charge in [-0.15, -0.1) is 0 Å². The lowest BCUT2D eigenvalue weighted by Gasteiger charge is -2.21. The molecule has 0 saturated carbocycles. The summed E-state index contributed by atoms with van der Waals surface area (Å²) in [6.45, 7) is 2.38. The molecule has 0 aliphatic heterocycles. The van der Waals surface area contributed by atoms with E-state index in [1.165, 1.54) is 64.2 Å². The molecule has 18 heteroatoms. The van der Waals surface area contributed by atoms with Crippen LogP contribution in [-0.4, -0.2) is 95.9 Å². The summed E-state index contributed by atoms with van der Waals surface area (Å²) in [4.78, 5) is 58.3. The molecule has 0 spiro atoms. The van der Waals surface area contributed by atoms with E-state index in [0.717, 1.165) is 141 Å². The van der Waals surface area contributed by atoms with E-state index in [9.17, 15) is 43.5 Å². The smallest absolute Gasteiger partial charge is 0.463 e. The quantitative estimate of drug-likeness (QED) is 0.0146. The average Bonchev–Trinajstić information content (AvgIpc) is 3.54. The van der Waals surface area contributed by atoms with Gasteiger partial charge in [0.15, 0.2) is 6.10 Å². The van der Waals surface area contributed by atoms with Gasteiger partial charge in [-0.1, -0.05) is 258 Å². The van der Waals surface area contributed by atoms with Gasteiger partial charge in [0, 0.05) is 19.3 Å². The Morgan fingerprint density at radius 3 is 0.934 bits per heavy atom. The number of rotatable bonds is 65. The first kappa shape index (κ1) is 87.0. The highest BCUT2D eigenvalue weighted by molar-refractivity contribution is 7.47. The van der Waals surface area contributed by atoms with Crippen molar-refractivity contribution < 1.29 is 75.8 Å². The van der Waals surface area contributed by atoms with Crippen LogP contribution in [0, 0.1) is 0 Å². The van der Waals surface area contributed by atoms with Crippen LogP contribution in [-0.2, 0) is 55.8 Å². The molecule has 5 unspecified atom stereocenters. The average molecular weight is 1320 g/mol. The molecule has 91 heavy (non-hydrogen) atoms. The molecule has 5 atom stereocenters. The number of carbonyl (C=O) groups is 3. The van der Waals surface area contributed by atoms with Gasteiger partial charge >= 0.3 is 33.6 Å². The van der Waals surface area contributed by atoms with Crippen molar-refractivity contribution in [2.24, 2.45) is 0 Å².